The predicted octanol–water partition coefficient (Wildman–Crippen LogP) is 4.60. The lowest BCUT2D eigenvalue weighted by Gasteiger charge is -2.30. The van der Waals surface area contributed by atoms with Crippen LogP contribution in [0.3, 0.4) is 0 Å². The van der Waals surface area contributed by atoms with Crippen LogP contribution in [0.2, 0.25) is 0 Å². The molecule has 2 heterocycles. The van der Waals surface area contributed by atoms with E-state index >= 15 is 0 Å². The lowest BCUT2D eigenvalue weighted by atomic mass is 9.99. The van der Waals surface area contributed by atoms with Gasteiger partial charge in [-0.25, -0.2) is 0 Å². The maximum absolute atomic E-state index is 11.9. The monoisotopic (exact) mass is 390 g/mol. The summed E-state index contributed by atoms with van der Waals surface area (Å²) in [5, 5.41) is 5.03. The molecule has 144 valence electrons. The molecule has 0 saturated heterocycles. The molecule has 1 amide bonds. The fourth-order valence-electron chi connectivity index (χ4n) is 3.74. The number of nitrogens with one attached hydrogen (secondary N) is 1. The normalized spacial score (nSPS) is 13.2. The molecule has 0 radical (unpaired) electrons. The SMILES string of the molecule is O=C(Cc1cccs1)NCCCc1ccc(N2CCc3ccccc3C2)cc1. The van der Waals surface area contributed by atoms with Gasteiger partial charge in [-0.2, -0.15) is 0 Å². The second-order valence-corrected chi connectivity index (χ2v) is 8.35. The summed E-state index contributed by atoms with van der Waals surface area (Å²) in [6, 6.07) is 21.7. The number of hydrogen-bond acceptors (Lipinski definition) is 3. The van der Waals surface area contributed by atoms with E-state index in [1.54, 1.807) is 11.3 Å². The summed E-state index contributed by atoms with van der Waals surface area (Å²) in [5.74, 6) is 0.114. The number of carbonyl (C=O) groups excluding carboxylic acids is 1. The summed E-state index contributed by atoms with van der Waals surface area (Å²) >= 11 is 1.63. The first-order chi connectivity index (χ1) is 13.8. The summed E-state index contributed by atoms with van der Waals surface area (Å²) in [7, 11) is 0. The average molecular weight is 391 g/mol. The van der Waals surface area contributed by atoms with Crippen molar-refractivity contribution in [2.75, 3.05) is 18.0 Å². The summed E-state index contributed by atoms with van der Waals surface area (Å²) in [4.78, 5) is 15.5. The number of fused-ring (bicyclic) bond motifs is 1. The number of benzene rings is 2. The van der Waals surface area contributed by atoms with Gasteiger partial charge >= 0.3 is 0 Å². The largest absolute Gasteiger partial charge is 0.367 e. The molecule has 1 aliphatic heterocycles. The van der Waals surface area contributed by atoms with Crippen molar-refractivity contribution in [1.82, 2.24) is 5.32 Å². The molecule has 28 heavy (non-hydrogen) atoms. The first-order valence-electron chi connectivity index (χ1n) is 9.98. The van der Waals surface area contributed by atoms with E-state index in [0.717, 1.165) is 43.8 Å². The first-order valence-corrected chi connectivity index (χ1v) is 10.9. The molecule has 3 aromatic rings. The highest BCUT2D eigenvalue weighted by Crippen LogP contribution is 2.24. The first kappa shape index (κ1) is 18.8. The maximum atomic E-state index is 11.9. The van der Waals surface area contributed by atoms with Crippen LogP contribution >= 0.6 is 11.3 Å². The van der Waals surface area contributed by atoms with E-state index in [-0.39, 0.29) is 5.91 Å². The van der Waals surface area contributed by atoms with Crippen molar-refractivity contribution in [3.63, 3.8) is 0 Å². The Hall–Kier alpha value is -2.59. The van der Waals surface area contributed by atoms with E-state index < -0.39 is 0 Å². The van der Waals surface area contributed by atoms with Crippen molar-refractivity contribution >= 4 is 22.9 Å². The summed E-state index contributed by atoms with van der Waals surface area (Å²) in [6.07, 6.45) is 3.56. The second kappa shape index (κ2) is 9.07. The van der Waals surface area contributed by atoms with Gasteiger partial charge < -0.3 is 10.2 Å². The van der Waals surface area contributed by atoms with Crippen LogP contribution in [-0.2, 0) is 30.6 Å². The van der Waals surface area contributed by atoms with E-state index in [0.29, 0.717) is 6.42 Å². The van der Waals surface area contributed by atoms with Crippen LogP contribution in [0.15, 0.2) is 66.0 Å². The molecule has 0 bridgehead atoms. The van der Waals surface area contributed by atoms with Gasteiger partial charge in [-0.1, -0.05) is 42.5 Å². The number of thiophene rings is 1. The fraction of sp³-hybridized carbons (Fsp3) is 0.292. The molecule has 3 nitrogen and oxygen atoms in total. The number of amides is 1. The van der Waals surface area contributed by atoms with Gasteiger partial charge in [-0.3, -0.25) is 4.79 Å². The van der Waals surface area contributed by atoms with Gasteiger partial charge in [0.2, 0.25) is 5.91 Å². The molecule has 1 N–H and O–H groups in total. The lowest BCUT2D eigenvalue weighted by molar-refractivity contribution is -0.120. The molecule has 0 aliphatic carbocycles. The van der Waals surface area contributed by atoms with Gasteiger partial charge in [0.05, 0.1) is 6.42 Å². The molecule has 1 aliphatic rings. The Labute approximate surface area is 171 Å². The van der Waals surface area contributed by atoms with Crippen LogP contribution in [0.5, 0.6) is 0 Å². The van der Waals surface area contributed by atoms with Crippen LogP contribution in [0.4, 0.5) is 5.69 Å². The van der Waals surface area contributed by atoms with Gasteiger partial charge in [-0.15, -0.1) is 11.3 Å². The van der Waals surface area contributed by atoms with E-state index in [1.165, 1.54) is 22.4 Å². The molecule has 4 rings (SSSR count). The topological polar surface area (TPSA) is 32.3 Å². The zero-order chi connectivity index (χ0) is 19.2. The third-order valence-electron chi connectivity index (χ3n) is 5.31. The molecule has 1 aromatic heterocycles. The Morgan fingerprint density at radius 2 is 1.82 bits per heavy atom. The van der Waals surface area contributed by atoms with E-state index in [4.69, 9.17) is 0 Å². The molecular formula is C24H26N2OS. The van der Waals surface area contributed by atoms with Gasteiger partial charge in [0, 0.05) is 30.2 Å². The smallest absolute Gasteiger partial charge is 0.225 e. The van der Waals surface area contributed by atoms with Crippen molar-refractivity contribution in [3.8, 4) is 0 Å². The van der Waals surface area contributed by atoms with Crippen molar-refractivity contribution in [2.24, 2.45) is 0 Å². The summed E-state index contributed by atoms with van der Waals surface area (Å²) in [6.45, 7) is 2.80. The van der Waals surface area contributed by atoms with Gasteiger partial charge in [-0.05, 0) is 59.5 Å². The molecule has 4 heteroatoms. The minimum atomic E-state index is 0.114. The molecule has 2 aromatic carbocycles. The van der Waals surface area contributed by atoms with Gasteiger partial charge in [0.25, 0.3) is 0 Å². The van der Waals surface area contributed by atoms with Crippen LogP contribution in [0, 0.1) is 0 Å². The van der Waals surface area contributed by atoms with Crippen molar-refractivity contribution in [3.05, 3.63) is 87.6 Å². The number of carbonyl (C=O) groups is 1. The highest BCUT2D eigenvalue weighted by Gasteiger charge is 2.15. The standard InChI is InChI=1S/C24H26N2OS/c27-24(17-23-8-4-16-28-23)25-14-3-5-19-9-11-22(12-10-19)26-15-13-20-6-1-2-7-21(20)18-26/h1-2,4,6-12,16H,3,5,13-15,17-18H2,(H,25,27). The Morgan fingerprint density at radius 1 is 1.00 bits per heavy atom. The Balaban J connectivity index is 1.22. The number of nitrogens with zero attached hydrogens (tertiary/aromatic N) is 1. The summed E-state index contributed by atoms with van der Waals surface area (Å²) < 4.78 is 0. The predicted molar refractivity (Wildman–Crippen MR) is 117 cm³/mol. The van der Waals surface area contributed by atoms with Crippen molar-refractivity contribution in [2.45, 2.75) is 32.2 Å². The molecule has 0 spiro atoms. The third kappa shape index (κ3) is 4.82. The van der Waals surface area contributed by atoms with E-state index in [1.807, 2.05) is 17.5 Å². The van der Waals surface area contributed by atoms with E-state index in [2.05, 4.69) is 58.7 Å². The fourth-order valence-corrected chi connectivity index (χ4v) is 4.45. The van der Waals surface area contributed by atoms with Gasteiger partial charge in [0.1, 0.15) is 0 Å². The van der Waals surface area contributed by atoms with Crippen LogP contribution in [0.25, 0.3) is 0 Å². The highest BCUT2D eigenvalue weighted by molar-refractivity contribution is 7.10. The summed E-state index contributed by atoms with van der Waals surface area (Å²) in [5.41, 5.74) is 5.55. The number of anilines is 1. The maximum Gasteiger partial charge on any atom is 0.225 e. The Bertz CT molecular complexity index is 903. The zero-order valence-corrected chi connectivity index (χ0v) is 16.9. The Kier molecular flexibility index (Phi) is 6.07. The molecule has 0 fully saturated rings. The zero-order valence-electron chi connectivity index (χ0n) is 16.1. The second-order valence-electron chi connectivity index (χ2n) is 7.32. The average Bonchev–Trinajstić information content (AvgIpc) is 3.24. The number of hydrogen-bond donors (Lipinski definition) is 1. The molecular weight excluding hydrogens is 364 g/mol. The molecule has 0 saturated carbocycles. The molecule has 0 atom stereocenters. The van der Waals surface area contributed by atoms with Crippen LogP contribution in [0.1, 0.15) is 28.0 Å². The van der Waals surface area contributed by atoms with E-state index in [9.17, 15) is 4.79 Å². The minimum absolute atomic E-state index is 0.114. The number of rotatable bonds is 7. The highest BCUT2D eigenvalue weighted by atomic mass is 32.1. The molecule has 0 unspecified atom stereocenters. The third-order valence-corrected chi connectivity index (χ3v) is 6.19. The minimum Gasteiger partial charge on any atom is -0.367 e. The van der Waals surface area contributed by atoms with Crippen molar-refractivity contribution in [1.29, 1.82) is 0 Å². The van der Waals surface area contributed by atoms with Crippen molar-refractivity contribution < 1.29 is 4.79 Å². The number of aryl methyl sites for hydroxylation is 1. The van der Waals surface area contributed by atoms with Crippen LogP contribution < -0.4 is 10.2 Å². The van der Waals surface area contributed by atoms with Gasteiger partial charge in [0.15, 0.2) is 0 Å². The van der Waals surface area contributed by atoms with Crippen LogP contribution in [-0.4, -0.2) is 19.0 Å². The Morgan fingerprint density at radius 3 is 2.61 bits per heavy atom. The quantitative estimate of drug-likeness (QED) is 0.598. The lowest BCUT2D eigenvalue weighted by Crippen LogP contribution is -2.30.